The van der Waals surface area contributed by atoms with Crippen LogP contribution in [0.25, 0.3) is 0 Å². The zero-order chi connectivity index (χ0) is 9.68. The maximum absolute atomic E-state index is 5.32. The van der Waals surface area contributed by atoms with Gasteiger partial charge in [0.05, 0.1) is 6.61 Å². The largest absolute Gasteiger partial charge is 0.476 e. The van der Waals surface area contributed by atoms with Gasteiger partial charge in [-0.05, 0) is 12.0 Å². The van der Waals surface area contributed by atoms with Crippen molar-refractivity contribution >= 4 is 5.82 Å². The van der Waals surface area contributed by atoms with Crippen LogP contribution in [0.5, 0.6) is 5.88 Å². The third-order valence-electron chi connectivity index (χ3n) is 1.35. The standard InChI is InChI=1S/C8H14N4O/c1-6(2)5-13-8-4-3-7(10-9)11-12-8/h3-4,6H,5,9H2,1-2H3,(H,10,11). The van der Waals surface area contributed by atoms with Crippen molar-refractivity contribution in [2.75, 3.05) is 12.0 Å². The molecular weight excluding hydrogens is 168 g/mol. The Kier molecular flexibility index (Phi) is 3.45. The van der Waals surface area contributed by atoms with Crippen LogP contribution in [0.3, 0.4) is 0 Å². The topological polar surface area (TPSA) is 73.1 Å². The van der Waals surface area contributed by atoms with E-state index in [1.165, 1.54) is 0 Å². The zero-order valence-corrected chi connectivity index (χ0v) is 7.82. The first-order chi connectivity index (χ1) is 6.22. The average molecular weight is 182 g/mol. The number of nitrogens with one attached hydrogen (secondary N) is 1. The number of nitrogens with zero attached hydrogens (tertiary/aromatic N) is 2. The number of nitrogens with two attached hydrogens (primary N) is 1. The Labute approximate surface area is 77.3 Å². The van der Waals surface area contributed by atoms with Gasteiger partial charge < -0.3 is 10.2 Å². The molecule has 0 aliphatic carbocycles. The molecule has 0 amide bonds. The van der Waals surface area contributed by atoms with E-state index in [0.717, 1.165) is 0 Å². The lowest BCUT2D eigenvalue weighted by molar-refractivity contribution is 0.258. The molecule has 5 heteroatoms. The molecule has 0 aromatic carbocycles. The molecule has 3 N–H and O–H groups in total. The molecule has 0 fully saturated rings. The molecule has 0 spiro atoms. The number of anilines is 1. The predicted octanol–water partition coefficient (Wildman–Crippen LogP) is 0.797. The second-order valence-electron chi connectivity index (χ2n) is 3.11. The normalized spacial score (nSPS) is 10.2. The van der Waals surface area contributed by atoms with E-state index in [1.54, 1.807) is 12.1 Å². The summed E-state index contributed by atoms with van der Waals surface area (Å²) in [6.45, 7) is 4.79. The van der Waals surface area contributed by atoms with Crippen molar-refractivity contribution in [2.45, 2.75) is 13.8 Å². The van der Waals surface area contributed by atoms with Crippen molar-refractivity contribution in [3.05, 3.63) is 12.1 Å². The molecule has 0 radical (unpaired) electrons. The fourth-order valence-corrected chi connectivity index (χ4v) is 0.726. The van der Waals surface area contributed by atoms with E-state index in [0.29, 0.717) is 24.2 Å². The molecule has 5 nitrogen and oxygen atoms in total. The smallest absolute Gasteiger partial charge is 0.233 e. The number of rotatable bonds is 4. The molecule has 1 rings (SSSR count). The number of aromatic nitrogens is 2. The van der Waals surface area contributed by atoms with Crippen LogP contribution in [-0.4, -0.2) is 16.8 Å². The van der Waals surface area contributed by atoms with E-state index < -0.39 is 0 Å². The Balaban J connectivity index is 2.49. The first kappa shape index (κ1) is 9.73. The molecular formula is C8H14N4O. The maximum atomic E-state index is 5.32. The summed E-state index contributed by atoms with van der Waals surface area (Å²) in [5.74, 6) is 6.66. The molecule has 0 aliphatic heterocycles. The van der Waals surface area contributed by atoms with Crippen molar-refractivity contribution < 1.29 is 4.74 Å². The van der Waals surface area contributed by atoms with E-state index in [4.69, 9.17) is 10.6 Å². The van der Waals surface area contributed by atoms with E-state index in [9.17, 15) is 0 Å². The Bertz CT molecular complexity index is 247. The second-order valence-corrected chi connectivity index (χ2v) is 3.11. The molecule has 13 heavy (non-hydrogen) atoms. The third kappa shape index (κ3) is 3.25. The lowest BCUT2D eigenvalue weighted by atomic mass is 10.2. The van der Waals surface area contributed by atoms with Crippen LogP contribution in [0.2, 0.25) is 0 Å². The highest BCUT2D eigenvalue weighted by Gasteiger charge is 1.98. The summed E-state index contributed by atoms with van der Waals surface area (Å²) in [6.07, 6.45) is 0. The minimum absolute atomic E-state index is 0.481. The Hall–Kier alpha value is -1.36. The van der Waals surface area contributed by atoms with Crippen molar-refractivity contribution in [2.24, 2.45) is 11.8 Å². The molecule has 0 atom stereocenters. The van der Waals surface area contributed by atoms with Gasteiger partial charge in [-0.1, -0.05) is 13.8 Å². The minimum atomic E-state index is 0.481. The number of hydrogen-bond acceptors (Lipinski definition) is 5. The van der Waals surface area contributed by atoms with Crippen LogP contribution in [0, 0.1) is 5.92 Å². The molecule has 0 saturated carbocycles. The quantitative estimate of drug-likeness (QED) is 0.532. The second kappa shape index (κ2) is 4.61. The number of nitrogen functional groups attached to an aromatic ring is 1. The monoisotopic (exact) mass is 182 g/mol. The average Bonchev–Trinajstić information content (AvgIpc) is 2.15. The molecule has 1 aromatic heterocycles. The van der Waals surface area contributed by atoms with E-state index in [-0.39, 0.29) is 0 Å². The van der Waals surface area contributed by atoms with Gasteiger partial charge in [0.15, 0.2) is 5.82 Å². The molecule has 0 bridgehead atoms. The summed E-state index contributed by atoms with van der Waals surface area (Å²) in [6, 6.07) is 3.44. The first-order valence-corrected chi connectivity index (χ1v) is 4.15. The SMILES string of the molecule is CC(C)COc1ccc(NN)nn1. The molecule has 0 unspecified atom stereocenters. The Morgan fingerprint density at radius 2 is 2.23 bits per heavy atom. The van der Waals surface area contributed by atoms with E-state index in [1.807, 2.05) is 0 Å². The highest BCUT2D eigenvalue weighted by molar-refractivity contribution is 5.32. The van der Waals surface area contributed by atoms with Gasteiger partial charge in [-0.25, -0.2) is 5.84 Å². The van der Waals surface area contributed by atoms with Crippen molar-refractivity contribution in [1.82, 2.24) is 10.2 Å². The summed E-state index contributed by atoms with van der Waals surface area (Å²) in [5, 5.41) is 7.57. The first-order valence-electron chi connectivity index (χ1n) is 4.15. The van der Waals surface area contributed by atoms with Crippen LogP contribution in [0.1, 0.15) is 13.8 Å². The molecule has 0 saturated heterocycles. The van der Waals surface area contributed by atoms with Crippen molar-refractivity contribution in [3.8, 4) is 5.88 Å². The van der Waals surface area contributed by atoms with Gasteiger partial charge in [0, 0.05) is 6.07 Å². The predicted molar refractivity (Wildman–Crippen MR) is 50.2 cm³/mol. The fourth-order valence-electron chi connectivity index (χ4n) is 0.726. The molecule has 1 aromatic rings. The van der Waals surface area contributed by atoms with Crippen molar-refractivity contribution in [3.63, 3.8) is 0 Å². The van der Waals surface area contributed by atoms with Gasteiger partial charge in [-0.2, -0.15) is 0 Å². The highest BCUT2D eigenvalue weighted by Crippen LogP contribution is 2.08. The van der Waals surface area contributed by atoms with Crippen LogP contribution >= 0.6 is 0 Å². The molecule has 0 aliphatic rings. The highest BCUT2D eigenvalue weighted by atomic mass is 16.5. The number of ether oxygens (including phenoxy) is 1. The van der Waals surface area contributed by atoms with Gasteiger partial charge in [-0.15, -0.1) is 10.2 Å². The van der Waals surface area contributed by atoms with Crippen LogP contribution in [-0.2, 0) is 0 Å². The van der Waals surface area contributed by atoms with Gasteiger partial charge in [0.2, 0.25) is 5.88 Å². The van der Waals surface area contributed by atoms with Crippen LogP contribution < -0.4 is 16.0 Å². The third-order valence-corrected chi connectivity index (χ3v) is 1.35. The lowest BCUT2D eigenvalue weighted by Crippen LogP contribution is -2.10. The van der Waals surface area contributed by atoms with Gasteiger partial charge in [0.1, 0.15) is 0 Å². The number of hydrogen-bond donors (Lipinski definition) is 2. The number of hydrazine groups is 1. The lowest BCUT2D eigenvalue weighted by Gasteiger charge is -2.06. The fraction of sp³-hybridized carbons (Fsp3) is 0.500. The zero-order valence-electron chi connectivity index (χ0n) is 7.82. The molecule has 1 heterocycles. The van der Waals surface area contributed by atoms with E-state index >= 15 is 0 Å². The minimum Gasteiger partial charge on any atom is -0.476 e. The van der Waals surface area contributed by atoms with Gasteiger partial charge in [0.25, 0.3) is 0 Å². The van der Waals surface area contributed by atoms with Crippen molar-refractivity contribution in [1.29, 1.82) is 0 Å². The van der Waals surface area contributed by atoms with E-state index in [2.05, 4.69) is 29.5 Å². The Morgan fingerprint density at radius 3 is 2.69 bits per heavy atom. The summed E-state index contributed by atoms with van der Waals surface area (Å²) in [7, 11) is 0. The van der Waals surface area contributed by atoms with Crippen LogP contribution in [0.4, 0.5) is 5.82 Å². The maximum Gasteiger partial charge on any atom is 0.233 e. The summed E-state index contributed by atoms with van der Waals surface area (Å²) < 4.78 is 5.32. The summed E-state index contributed by atoms with van der Waals surface area (Å²) in [5.41, 5.74) is 2.39. The van der Waals surface area contributed by atoms with Crippen LogP contribution in [0.15, 0.2) is 12.1 Å². The summed E-state index contributed by atoms with van der Waals surface area (Å²) >= 11 is 0. The Morgan fingerprint density at radius 1 is 1.46 bits per heavy atom. The van der Waals surface area contributed by atoms with Gasteiger partial charge in [-0.3, -0.25) is 0 Å². The molecule has 72 valence electrons. The van der Waals surface area contributed by atoms with Gasteiger partial charge >= 0.3 is 0 Å². The summed E-state index contributed by atoms with van der Waals surface area (Å²) in [4.78, 5) is 0.